The van der Waals surface area contributed by atoms with Crippen molar-refractivity contribution < 1.29 is 28.6 Å². The standard InChI is InChI=1S/C28H38N2O6/c1-27(2,3)35-19-23(30-26(33)34-18-21-15-11-8-12-16-21)24(31)29-22(25(32)36-28(4,5)6)17-20-13-9-7-10-14-20/h7-16,22-23H,17-19H2,1-6H3,(H,29,31)(H,30,33)/t22-,23-/m0/s1. The van der Waals surface area contributed by atoms with Gasteiger partial charge in [0, 0.05) is 6.42 Å². The first-order valence-corrected chi connectivity index (χ1v) is 12.0. The van der Waals surface area contributed by atoms with Gasteiger partial charge in [0.15, 0.2) is 0 Å². The van der Waals surface area contributed by atoms with Gasteiger partial charge < -0.3 is 24.8 Å². The van der Waals surface area contributed by atoms with E-state index in [1.807, 2.05) is 81.4 Å². The van der Waals surface area contributed by atoms with Gasteiger partial charge in [-0.2, -0.15) is 0 Å². The molecule has 0 aliphatic heterocycles. The number of ether oxygens (including phenoxy) is 3. The highest BCUT2D eigenvalue weighted by Gasteiger charge is 2.31. The molecule has 196 valence electrons. The summed E-state index contributed by atoms with van der Waals surface area (Å²) in [6.45, 7) is 10.7. The first-order valence-electron chi connectivity index (χ1n) is 12.0. The van der Waals surface area contributed by atoms with Gasteiger partial charge >= 0.3 is 12.1 Å². The average molecular weight is 499 g/mol. The van der Waals surface area contributed by atoms with Crippen molar-refractivity contribution in [3.05, 3.63) is 71.8 Å². The minimum Gasteiger partial charge on any atom is -0.458 e. The van der Waals surface area contributed by atoms with E-state index < -0.39 is 41.3 Å². The molecule has 0 heterocycles. The second-order valence-corrected chi connectivity index (χ2v) is 10.5. The van der Waals surface area contributed by atoms with Crippen LogP contribution in [0.3, 0.4) is 0 Å². The van der Waals surface area contributed by atoms with Crippen molar-refractivity contribution in [3.63, 3.8) is 0 Å². The van der Waals surface area contributed by atoms with Gasteiger partial charge in [0.2, 0.25) is 5.91 Å². The Labute approximate surface area is 213 Å². The number of alkyl carbamates (subject to hydrolysis) is 1. The maximum absolute atomic E-state index is 13.3. The van der Waals surface area contributed by atoms with E-state index in [0.29, 0.717) is 0 Å². The Bertz CT molecular complexity index is 981. The minimum absolute atomic E-state index is 0.0513. The summed E-state index contributed by atoms with van der Waals surface area (Å²) in [7, 11) is 0. The summed E-state index contributed by atoms with van der Waals surface area (Å²) in [5.41, 5.74) is 0.382. The molecule has 2 aromatic carbocycles. The predicted molar refractivity (Wildman–Crippen MR) is 137 cm³/mol. The van der Waals surface area contributed by atoms with E-state index in [-0.39, 0.29) is 19.6 Å². The zero-order valence-corrected chi connectivity index (χ0v) is 22.0. The van der Waals surface area contributed by atoms with Crippen molar-refractivity contribution in [3.8, 4) is 0 Å². The van der Waals surface area contributed by atoms with Crippen molar-refractivity contribution >= 4 is 18.0 Å². The number of nitrogens with one attached hydrogen (secondary N) is 2. The lowest BCUT2D eigenvalue weighted by molar-refractivity contribution is -0.159. The van der Waals surface area contributed by atoms with E-state index in [4.69, 9.17) is 14.2 Å². The van der Waals surface area contributed by atoms with Crippen LogP contribution in [0.2, 0.25) is 0 Å². The SMILES string of the molecule is CC(C)(C)OC[C@H](NC(=O)OCc1ccccc1)C(=O)N[C@@H](Cc1ccccc1)C(=O)OC(C)(C)C. The lowest BCUT2D eigenvalue weighted by Crippen LogP contribution is -2.55. The molecular formula is C28H38N2O6. The molecule has 2 N–H and O–H groups in total. The molecule has 0 radical (unpaired) electrons. The van der Waals surface area contributed by atoms with Crippen LogP contribution in [0.1, 0.15) is 52.7 Å². The number of esters is 1. The van der Waals surface area contributed by atoms with E-state index in [2.05, 4.69) is 10.6 Å². The van der Waals surface area contributed by atoms with Crippen LogP contribution in [-0.4, -0.2) is 47.9 Å². The fourth-order valence-electron chi connectivity index (χ4n) is 3.11. The summed E-state index contributed by atoms with van der Waals surface area (Å²) >= 11 is 0. The summed E-state index contributed by atoms with van der Waals surface area (Å²) < 4.78 is 16.6. The van der Waals surface area contributed by atoms with Gasteiger partial charge in [-0.05, 0) is 52.7 Å². The predicted octanol–water partition coefficient (Wildman–Crippen LogP) is 4.17. The molecule has 0 saturated carbocycles. The van der Waals surface area contributed by atoms with Crippen LogP contribution in [0.4, 0.5) is 4.79 Å². The van der Waals surface area contributed by atoms with Crippen molar-refractivity contribution in [2.45, 2.75) is 77.9 Å². The van der Waals surface area contributed by atoms with E-state index in [9.17, 15) is 14.4 Å². The normalized spacial score (nSPS) is 13.3. The number of carbonyl (C=O) groups excluding carboxylic acids is 3. The summed E-state index contributed by atoms with van der Waals surface area (Å²) in [4.78, 5) is 38.7. The number of benzene rings is 2. The molecule has 0 unspecified atom stereocenters. The Morgan fingerprint density at radius 2 is 1.31 bits per heavy atom. The second kappa shape index (κ2) is 13.1. The molecule has 2 aromatic rings. The zero-order chi connectivity index (χ0) is 26.8. The van der Waals surface area contributed by atoms with Crippen LogP contribution in [0.25, 0.3) is 0 Å². The molecule has 0 bridgehead atoms. The van der Waals surface area contributed by atoms with Crippen LogP contribution in [0.15, 0.2) is 60.7 Å². The Kier molecular flexibility index (Phi) is 10.5. The third-order valence-electron chi connectivity index (χ3n) is 4.79. The van der Waals surface area contributed by atoms with Gasteiger partial charge in [-0.15, -0.1) is 0 Å². The smallest absolute Gasteiger partial charge is 0.408 e. The average Bonchev–Trinajstić information content (AvgIpc) is 2.79. The third kappa shape index (κ3) is 11.4. The Hall–Kier alpha value is -3.39. The summed E-state index contributed by atoms with van der Waals surface area (Å²) in [6, 6.07) is 16.5. The highest BCUT2D eigenvalue weighted by Crippen LogP contribution is 2.13. The van der Waals surface area contributed by atoms with E-state index in [0.717, 1.165) is 11.1 Å². The number of amides is 2. The highest BCUT2D eigenvalue weighted by atomic mass is 16.6. The molecule has 0 fully saturated rings. The Morgan fingerprint density at radius 3 is 1.83 bits per heavy atom. The van der Waals surface area contributed by atoms with E-state index in [1.54, 1.807) is 20.8 Å². The molecule has 2 rings (SSSR count). The number of rotatable bonds is 10. The van der Waals surface area contributed by atoms with Crippen molar-refractivity contribution in [1.29, 1.82) is 0 Å². The molecule has 0 saturated heterocycles. The first kappa shape index (κ1) is 28.8. The quantitative estimate of drug-likeness (QED) is 0.477. The molecule has 2 atom stereocenters. The maximum atomic E-state index is 13.3. The van der Waals surface area contributed by atoms with Gasteiger partial charge in [0.05, 0.1) is 12.2 Å². The third-order valence-corrected chi connectivity index (χ3v) is 4.79. The van der Waals surface area contributed by atoms with Crippen LogP contribution >= 0.6 is 0 Å². The van der Waals surface area contributed by atoms with E-state index >= 15 is 0 Å². The summed E-state index contributed by atoms with van der Waals surface area (Å²) in [5, 5.41) is 5.31. The van der Waals surface area contributed by atoms with Gasteiger partial charge in [0.1, 0.15) is 24.3 Å². The van der Waals surface area contributed by atoms with Crippen molar-refractivity contribution in [1.82, 2.24) is 10.6 Å². The molecule has 36 heavy (non-hydrogen) atoms. The number of hydrogen-bond donors (Lipinski definition) is 2. The second-order valence-electron chi connectivity index (χ2n) is 10.5. The zero-order valence-electron chi connectivity index (χ0n) is 22.0. The van der Waals surface area contributed by atoms with Gasteiger partial charge in [-0.3, -0.25) is 4.79 Å². The Morgan fingerprint density at radius 1 is 0.750 bits per heavy atom. The van der Waals surface area contributed by atoms with Crippen LogP contribution in [0, 0.1) is 0 Å². The summed E-state index contributed by atoms with van der Waals surface area (Å²) in [6.07, 6.45) is -0.541. The summed E-state index contributed by atoms with van der Waals surface area (Å²) in [5.74, 6) is -1.15. The monoisotopic (exact) mass is 498 g/mol. The largest absolute Gasteiger partial charge is 0.458 e. The molecule has 0 aliphatic carbocycles. The molecule has 0 aromatic heterocycles. The van der Waals surface area contributed by atoms with Gasteiger partial charge in [-0.25, -0.2) is 9.59 Å². The number of hydrogen-bond acceptors (Lipinski definition) is 6. The maximum Gasteiger partial charge on any atom is 0.408 e. The van der Waals surface area contributed by atoms with Crippen LogP contribution in [0.5, 0.6) is 0 Å². The molecule has 8 heteroatoms. The topological polar surface area (TPSA) is 103 Å². The minimum atomic E-state index is -1.09. The lowest BCUT2D eigenvalue weighted by atomic mass is 10.0. The van der Waals surface area contributed by atoms with Crippen molar-refractivity contribution in [2.24, 2.45) is 0 Å². The number of carbonyl (C=O) groups is 3. The molecular weight excluding hydrogens is 460 g/mol. The van der Waals surface area contributed by atoms with Crippen LogP contribution < -0.4 is 10.6 Å². The first-order chi connectivity index (χ1) is 16.8. The highest BCUT2D eigenvalue weighted by molar-refractivity contribution is 5.90. The molecule has 2 amide bonds. The van der Waals surface area contributed by atoms with Crippen LogP contribution in [-0.2, 0) is 36.8 Å². The molecule has 0 spiro atoms. The lowest BCUT2D eigenvalue weighted by Gasteiger charge is -2.28. The van der Waals surface area contributed by atoms with Gasteiger partial charge in [0.25, 0.3) is 0 Å². The van der Waals surface area contributed by atoms with Gasteiger partial charge in [-0.1, -0.05) is 60.7 Å². The Balaban J connectivity index is 2.14. The van der Waals surface area contributed by atoms with E-state index in [1.165, 1.54) is 0 Å². The van der Waals surface area contributed by atoms with Crippen molar-refractivity contribution in [2.75, 3.05) is 6.61 Å². The molecule has 8 nitrogen and oxygen atoms in total. The molecule has 0 aliphatic rings. The fraction of sp³-hybridized carbons (Fsp3) is 0.464. The fourth-order valence-corrected chi connectivity index (χ4v) is 3.11.